The average molecular weight is 655 g/mol. The molecule has 0 saturated carbocycles. The molecule has 2 aliphatic heterocycles. The smallest absolute Gasteiger partial charge is 0.367 e. The monoisotopic (exact) mass is 654 g/mol. The summed E-state index contributed by atoms with van der Waals surface area (Å²) in [6, 6.07) is 10.4. The molecule has 2 aliphatic rings. The molecule has 1 N–H and O–H groups in total. The van der Waals surface area contributed by atoms with Gasteiger partial charge in [-0.25, -0.2) is 16.8 Å². The third-order valence-corrected chi connectivity index (χ3v) is 9.96. The number of rotatable bonds is 9. The van der Waals surface area contributed by atoms with E-state index in [4.69, 9.17) is 5.10 Å². The van der Waals surface area contributed by atoms with Crippen LogP contribution in [0, 0.1) is 6.92 Å². The van der Waals surface area contributed by atoms with Crippen LogP contribution in [0.25, 0.3) is 11.3 Å². The van der Waals surface area contributed by atoms with E-state index < -0.39 is 31.8 Å². The number of aromatic nitrogens is 2. The van der Waals surface area contributed by atoms with E-state index in [2.05, 4.69) is 14.5 Å². The lowest BCUT2D eigenvalue weighted by Gasteiger charge is -2.37. The largest absolute Gasteiger partial charge is 0.416 e. The first-order valence-electron chi connectivity index (χ1n) is 14.4. The Labute approximate surface area is 256 Å². The van der Waals surface area contributed by atoms with E-state index in [1.807, 2.05) is 23.7 Å². The molecular formula is C29H37F3N6O4S2. The van der Waals surface area contributed by atoms with Crippen LogP contribution in [0.3, 0.4) is 0 Å². The Hall–Kier alpha value is -3.14. The van der Waals surface area contributed by atoms with Crippen LogP contribution in [0.1, 0.15) is 28.8 Å². The van der Waals surface area contributed by atoms with E-state index in [9.17, 15) is 30.0 Å². The minimum Gasteiger partial charge on any atom is -0.367 e. The molecule has 0 radical (unpaired) electrons. The Kier molecular flexibility index (Phi) is 9.04. The first kappa shape index (κ1) is 32.3. The van der Waals surface area contributed by atoms with Gasteiger partial charge in [-0.15, -0.1) is 0 Å². The maximum absolute atomic E-state index is 13.2. The summed E-state index contributed by atoms with van der Waals surface area (Å²) in [5, 5.41) is 4.78. The zero-order valence-corrected chi connectivity index (χ0v) is 26.6. The van der Waals surface area contributed by atoms with Gasteiger partial charge in [0.25, 0.3) is 0 Å². The lowest BCUT2D eigenvalue weighted by molar-refractivity contribution is -0.137. The Balaban J connectivity index is 1.27. The lowest BCUT2D eigenvalue weighted by Crippen LogP contribution is -2.47. The number of benzene rings is 2. The highest BCUT2D eigenvalue weighted by Crippen LogP contribution is 2.35. The molecule has 3 heterocycles. The van der Waals surface area contributed by atoms with Crippen molar-refractivity contribution in [1.82, 2.24) is 19.0 Å². The van der Waals surface area contributed by atoms with E-state index in [-0.39, 0.29) is 6.54 Å². The summed E-state index contributed by atoms with van der Waals surface area (Å²) >= 11 is 0. The summed E-state index contributed by atoms with van der Waals surface area (Å²) in [5.41, 5.74) is 4.36. The number of halogens is 3. The van der Waals surface area contributed by atoms with Crippen LogP contribution in [0.4, 0.5) is 24.5 Å². The Morgan fingerprint density at radius 2 is 1.59 bits per heavy atom. The fourth-order valence-electron chi connectivity index (χ4n) is 5.98. The molecule has 0 amide bonds. The molecule has 0 atom stereocenters. The van der Waals surface area contributed by atoms with Crippen molar-refractivity contribution in [3.05, 3.63) is 64.8 Å². The lowest BCUT2D eigenvalue weighted by atomic mass is 10.0. The minimum atomic E-state index is -4.45. The molecule has 240 valence electrons. The summed E-state index contributed by atoms with van der Waals surface area (Å²) < 4.78 is 93.7. The molecule has 0 aliphatic carbocycles. The molecular weight excluding hydrogens is 617 g/mol. The normalized spacial score (nSPS) is 17.1. The molecule has 0 unspecified atom stereocenters. The van der Waals surface area contributed by atoms with E-state index in [0.717, 1.165) is 86.3 Å². The number of para-hydroxylation sites is 1. The standard InChI is InChI=1S/C29H37F3N6O4S2/c1-21-6-4-7-25(34-43(2,39)40)28(21)36-18-16-35(17-19-36)13-5-14-38-26-12-15-37(44(3,41)42)20-24(26)27(33-38)22-8-10-23(11-9-22)29(30,31)32/h4,6-11,34H,5,12-20H2,1-3H3. The van der Waals surface area contributed by atoms with Crippen LogP contribution in [-0.4, -0.2) is 87.6 Å². The van der Waals surface area contributed by atoms with Gasteiger partial charge in [0.1, 0.15) is 0 Å². The molecule has 1 saturated heterocycles. The van der Waals surface area contributed by atoms with E-state index in [1.54, 1.807) is 6.07 Å². The molecule has 3 aromatic rings. The van der Waals surface area contributed by atoms with Gasteiger partial charge in [-0.1, -0.05) is 24.3 Å². The fourth-order valence-corrected chi connectivity index (χ4v) is 7.33. The van der Waals surface area contributed by atoms with Crippen molar-refractivity contribution in [2.75, 3.05) is 61.4 Å². The fraction of sp³-hybridized carbons (Fsp3) is 0.483. The van der Waals surface area contributed by atoms with Gasteiger partial charge in [0.05, 0.1) is 35.1 Å². The van der Waals surface area contributed by atoms with Crippen LogP contribution in [0.15, 0.2) is 42.5 Å². The second-order valence-electron chi connectivity index (χ2n) is 11.4. The number of hydrogen-bond donors (Lipinski definition) is 1. The van der Waals surface area contributed by atoms with Gasteiger partial charge in [-0.2, -0.15) is 22.6 Å². The second-order valence-corrected chi connectivity index (χ2v) is 15.2. The first-order valence-corrected chi connectivity index (χ1v) is 18.1. The summed E-state index contributed by atoms with van der Waals surface area (Å²) in [6.07, 6.45) is -0.911. The zero-order valence-electron chi connectivity index (χ0n) is 24.9. The van der Waals surface area contributed by atoms with E-state index in [1.165, 1.54) is 16.4 Å². The van der Waals surface area contributed by atoms with Gasteiger partial charge >= 0.3 is 6.18 Å². The van der Waals surface area contributed by atoms with Crippen molar-refractivity contribution >= 4 is 31.4 Å². The number of nitrogens with one attached hydrogen (secondary N) is 1. The maximum atomic E-state index is 13.2. The number of sulfonamides is 2. The van der Waals surface area contributed by atoms with Gasteiger partial charge in [0.15, 0.2) is 0 Å². The Morgan fingerprint density at radius 3 is 2.20 bits per heavy atom. The third-order valence-electron chi connectivity index (χ3n) is 8.12. The number of fused-ring (bicyclic) bond motifs is 1. The van der Waals surface area contributed by atoms with Gasteiger partial charge < -0.3 is 4.90 Å². The number of nitrogens with zero attached hydrogens (tertiary/aromatic N) is 5. The van der Waals surface area contributed by atoms with Crippen molar-refractivity contribution in [2.45, 2.75) is 39.0 Å². The Bertz CT molecular complexity index is 1720. The van der Waals surface area contributed by atoms with Crippen LogP contribution in [0.5, 0.6) is 0 Å². The number of aryl methyl sites for hydroxylation is 2. The summed E-state index contributed by atoms with van der Waals surface area (Å²) in [4.78, 5) is 4.55. The summed E-state index contributed by atoms with van der Waals surface area (Å²) in [7, 11) is -6.87. The minimum absolute atomic E-state index is 0.127. The van der Waals surface area contributed by atoms with Crippen molar-refractivity contribution < 1.29 is 30.0 Å². The first-order chi connectivity index (χ1) is 20.6. The van der Waals surface area contributed by atoms with Crippen molar-refractivity contribution in [2.24, 2.45) is 0 Å². The molecule has 1 aromatic heterocycles. The van der Waals surface area contributed by atoms with Crippen LogP contribution < -0.4 is 9.62 Å². The predicted octanol–water partition coefficient (Wildman–Crippen LogP) is 3.78. The topological polar surface area (TPSA) is 108 Å². The van der Waals surface area contributed by atoms with Gasteiger partial charge in [0.2, 0.25) is 20.0 Å². The maximum Gasteiger partial charge on any atom is 0.416 e. The van der Waals surface area contributed by atoms with Crippen LogP contribution in [0.2, 0.25) is 0 Å². The highest BCUT2D eigenvalue weighted by atomic mass is 32.2. The van der Waals surface area contributed by atoms with E-state index in [0.29, 0.717) is 36.5 Å². The number of anilines is 2. The zero-order chi connectivity index (χ0) is 31.9. The Morgan fingerprint density at radius 1 is 0.909 bits per heavy atom. The second kappa shape index (κ2) is 12.3. The number of hydrogen-bond acceptors (Lipinski definition) is 7. The predicted molar refractivity (Wildman–Crippen MR) is 165 cm³/mol. The van der Waals surface area contributed by atoms with Crippen molar-refractivity contribution in [3.8, 4) is 11.3 Å². The molecule has 0 spiro atoms. The van der Waals surface area contributed by atoms with Gasteiger partial charge in [0, 0.05) is 75.6 Å². The van der Waals surface area contributed by atoms with Gasteiger partial charge in [-0.05, 0) is 37.1 Å². The van der Waals surface area contributed by atoms with E-state index >= 15 is 0 Å². The number of piperazine rings is 1. The number of alkyl halides is 3. The molecule has 15 heteroatoms. The quantitative estimate of drug-likeness (QED) is 0.374. The third kappa shape index (κ3) is 7.38. The SMILES string of the molecule is Cc1cccc(NS(C)(=O)=O)c1N1CCN(CCCn2nc(-c3ccc(C(F)(F)F)cc3)c3c2CCN(S(C)(=O)=O)C3)CC1. The highest BCUT2D eigenvalue weighted by molar-refractivity contribution is 7.92. The summed E-state index contributed by atoms with van der Waals surface area (Å²) in [5.74, 6) is 0. The molecule has 10 nitrogen and oxygen atoms in total. The highest BCUT2D eigenvalue weighted by Gasteiger charge is 2.32. The molecule has 1 fully saturated rings. The molecule has 44 heavy (non-hydrogen) atoms. The molecule has 5 rings (SSSR count). The van der Waals surface area contributed by atoms with Crippen molar-refractivity contribution in [3.63, 3.8) is 0 Å². The molecule has 0 bridgehead atoms. The van der Waals surface area contributed by atoms with Crippen LogP contribution in [-0.2, 0) is 45.7 Å². The van der Waals surface area contributed by atoms with Crippen molar-refractivity contribution in [1.29, 1.82) is 0 Å². The van der Waals surface area contributed by atoms with Gasteiger partial charge in [-0.3, -0.25) is 14.3 Å². The molecule has 2 aromatic carbocycles. The van der Waals surface area contributed by atoms with Crippen LogP contribution >= 0.6 is 0 Å². The average Bonchev–Trinajstić information content (AvgIpc) is 3.30. The summed E-state index contributed by atoms with van der Waals surface area (Å²) in [6.45, 7) is 6.86.